The van der Waals surface area contributed by atoms with Gasteiger partial charge < -0.3 is 20.7 Å². The molecule has 0 spiro atoms. The number of benzene rings is 1. The summed E-state index contributed by atoms with van der Waals surface area (Å²) in [6.07, 6.45) is 2.75. The van der Waals surface area contributed by atoms with Crippen LogP contribution in [0.3, 0.4) is 0 Å². The number of piperidine rings is 1. The van der Waals surface area contributed by atoms with E-state index in [0.29, 0.717) is 6.54 Å². The molecule has 2 aliphatic heterocycles. The van der Waals surface area contributed by atoms with Gasteiger partial charge in [0, 0.05) is 43.4 Å². The lowest BCUT2D eigenvalue weighted by Crippen LogP contribution is -2.46. The molecule has 1 aromatic rings. The molecule has 1 amide bonds. The smallest absolute Gasteiger partial charge is 0.250 e. The normalized spacial score (nSPS) is 20.2. The van der Waals surface area contributed by atoms with Gasteiger partial charge in [-0.15, -0.1) is 0 Å². The lowest BCUT2D eigenvalue weighted by molar-refractivity contribution is -0.118. The summed E-state index contributed by atoms with van der Waals surface area (Å²) in [4.78, 5) is 17.3. The highest BCUT2D eigenvalue weighted by molar-refractivity contribution is 5.94. The minimum atomic E-state index is 0.0106. The van der Waals surface area contributed by atoms with Gasteiger partial charge in [-0.1, -0.05) is 12.1 Å². The third-order valence-electron chi connectivity index (χ3n) is 5.36. The van der Waals surface area contributed by atoms with E-state index >= 15 is 0 Å². The Labute approximate surface area is 156 Å². The monoisotopic (exact) mass is 358 g/mol. The summed E-state index contributed by atoms with van der Waals surface area (Å²) in [6.45, 7) is 4.35. The molecule has 0 aromatic heterocycles. The molecule has 0 bridgehead atoms. The van der Waals surface area contributed by atoms with Gasteiger partial charge in [0.05, 0.1) is 7.11 Å². The van der Waals surface area contributed by atoms with Gasteiger partial charge in [-0.25, -0.2) is 0 Å². The lowest BCUT2D eigenvalue weighted by Gasteiger charge is -2.32. The Bertz CT molecular complexity index is 648. The highest BCUT2D eigenvalue weighted by Crippen LogP contribution is 2.19. The van der Waals surface area contributed by atoms with Crippen LogP contribution in [-0.4, -0.2) is 62.1 Å². The van der Waals surface area contributed by atoms with Crippen LogP contribution >= 0.6 is 0 Å². The average Bonchev–Trinajstić information content (AvgIpc) is 2.65. The number of likely N-dealkylation sites (tertiary alicyclic amines) is 1. The molecule has 0 radical (unpaired) electrons. The summed E-state index contributed by atoms with van der Waals surface area (Å²) in [7, 11) is 3.79. The molecule has 0 unspecified atom stereocenters. The van der Waals surface area contributed by atoms with Crippen molar-refractivity contribution in [3.63, 3.8) is 0 Å². The zero-order valence-electron chi connectivity index (χ0n) is 15.8. The molecule has 26 heavy (non-hydrogen) atoms. The first-order valence-corrected chi connectivity index (χ1v) is 9.37. The predicted molar refractivity (Wildman–Crippen MR) is 103 cm³/mol. The van der Waals surface area contributed by atoms with E-state index in [1.165, 1.54) is 5.56 Å². The van der Waals surface area contributed by atoms with Gasteiger partial charge in [0.2, 0.25) is 5.91 Å². The lowest BCUT2D eigenvalue weighted by atomic mass is 10.0. The molecule has 1 saturated heterocycles. The van der Waals surface area contributed by atoms with Crippen LogP contribution in [0.25, 0.3) is 0 Å². The van der Waals surface area contributed by atoms with Crippen LogP contribution in [0.2, 0.25) is 0 Å². The Morgan fingerprint density at radius 3 is 2.58 bits per heavy atom. The topological polar surface area (TPSA) is 70.8 Å². The van der Waals surface area contributed by atoms with E-state index in [9.17, 15) is 4.79 Å². The second-order valence-electron chi connectivity index (χ2n) is 7.36. The van der Waals surface area contributed by atoms with Gasteiger partial charge in [-0.2, -0.15) is 0 Å². The first kappa shape index (κ1) is 18.7. The van der Waals surface area contributed by atoms with Crippen LogP contribution in [0.4, 0.5) is 0 Å². The fourth-order valence-corrected chi connectivity index (χ4v) is 3.60. The highest BCUT2D eigenvalue weighted by atomic mass is 16.5. The molecule has 3 rings (SSSR count). The molecule has 2 aliphatic rings. The van der Waals surface area contributed by atoms with Crippen molar-refractivity contribution in [2.75, 3.05) is 40.3 Å². The number of carbonyl (C=O) groups is 1. The summed E-state index contributed by atoms with van der Waals surface area (Å²) in [5.41, 5.74) is 8.85. The second kappa shape index (κ2) is 8.56. The highest BCUT2D eigenvalue weighted by Gasteiger charge is 2.25. The summed E-state index contributed by atoms with van der Waals surface area (Å²) in [5, 5.41) is 3.19. The van der Waals surface area contributed by atoms with Crippen LogP contribution in [0.1, 0.15) is 24.8 Å². The van der Waals surface area contributed by atoms with E-state index in [1.54, 1.807) is 7.11 Å². The van der Waals surface area contributed by atoms with Gasteiger partial charge in [-0.3, -0.25) is 9.69 Å². The fourth-order valence-electron chi connectivity index (χ4n) is 3.60. The molecule has 142 valence electrons. The number of nitrogens with two attached hydrogens (primary N) is 1. The second-order valence-corrected chi connectivity index (χ2v) is 7.36. The van der Waals surface area contributed by atoms with E-state index in [0.717, 1.165) is 62.5 Å². The first-order chi connectivity index (χ1) is 12.5. The maximum absolute atomic E-state index is 12.7. The summed E-state index contributed by atoms with van der Waals surface area (Å²) in [5.74, 6) is 0.867. The van der Waals surface area contributed by atoms with E-state index in [4.69, 9.17) is 10.5 Å². The van der Waals surface area contributed by atoms with Gasteiger partial charge in [0.1, 0.15) is 5.75 Å². The van der Waals surface area contributed by atoms with Crippen molar-refractivity contribution in [2.24, 2.45) is 5.73 Å². The average molecular weight is 358 g/mol. The van der Waals surface area contributed by atoms with Crippen molar-refractivity contribution in [3.8, 4) is 5.75 Å². The minimum absolute atomic E-state index is 0.0106. The molecule has 6 nitrogen and oxygen atoms in total. The Morgan fingerprint density at radius 1 is 1.23 bits per heavy atom. The number of methoxy groups -OCH3 is 1. The van der Waals surface area contributed by atoms with Crippen molar-refractivity contribution in [1.82, 2.24) is 15.1 Å². The third-order valence-corrected chi connectivity index (χ3v) is 5.36. The summed E-state index contributed by atoms with van der Waals surface area (Å²) >= 11 is 0. The Hall–Kier alpha value is -2.05. The van der Waals surface area contributed by atoms with E-state index < -0.39 is 0 Å². The number of rotatable bonds is 5. The van der Waals surface area contributed by atoms with Crippen molar-refractivity contribution < 1.29 is 9.53 Å². The SMILES string of the molecule is COc1ccc(CN2CCC(N)=C(C(=O)NC3CCN(C)CC3)C2)cc1. The molecule has 1 aromatic carbocycles. The Kier molecular flexibility index (Phi) is 6.16. The Balaban J connectivity index is 1.57. The molecule has 0 atom stereocenters. The predicted octanol–water partition coefficient (Wildman–Crippen LogP) is 1.32. The van der Waals surface area contributed by atoms with E-state index in [-0.39, 0.29) is 11.9 Å². The molecule has 2 heterocycles. The van der Waals surface area contributed by atoms with Crippen molar-refractivity contribution >= 4 is 5.91 Å². The number of nitrogens with zero attached hydrogens (tertiary/aromatic N) is 2. The largest absolute Gasteiger partial charge is 0.497 e. The molecular weight excluding hydrogens is 328 g/mol. The van der Waals surface area contributed by atoms with Crippen LogP contribution < -0.4 is 15.8 Å². The Morgan fingerprint density at radius 2 is 1.92 bits per heavy atom. The van der Waals surface area contributed by atoms with Crippen molar-refractivity contribution in [3.05, 3.63) is 41.1 Å². The van der Waals surface area contributed by atoms with Gasteiger partial charge >= 0.3 is 0 Å². The van der Waals surface area contributed by atoms with Crippen molar-refractivity contribution in [2.45, 2.75) is 31.8 Å². The van der Waals surface area contributed by atoms with Gasteiger partial charge in [-0.05, 0) is 50.7 Å². The molecule has 6 heteroatoms. The quantitative estimate of drug-likeness (QED) is 0.831. The molecular formula is C20H30N4O2. The van der Waals surface area contributed by atoms with Crippen LogP contribution in [0, 0.1) is 0 Å². The first-order valence-electron chi connectivity index (χ1n) is 9.37. The number of ether oxygens (including phenoxy) is 1. The number of amides is 1. The van der Waals surface area contributed by atoms with E-state index in [1.807, 2.05) is 12.1 Å². The van der Waals surface area contributed by atoms with E-state index in [2.05, 4.69) is 34.3 Å². The van der Waals surface area contributed by atoms with Crippen LogP contribution in [0.5, 0.6) is 5.75 Å². The number of nitrogens with one attached hydrogen (secondary N) is 1. The zero-order chi connectivity index (χ0) is 18.5. The molecule has 0 saturated carbocycles. The van der Waals surface area contributed by atoms with Crippen LogP contribution in [-0.2, 0) is 11.3 Å². The molecule has 3 N–H and O–H groups in total. The maximum Gasteiger partial charge on any atom is 0.250 e. The molecule has 1 fully saturated rings. The van der Waals surface area contributed by atoms with Gasteiger partial charge in [0.15, 0.2) is 0 Å². The third kappa shape index (κ3) is 4.77. The summed E-state index contributed by atoms with van der Waals surface area (Å²) in [6, 6.07) is 8.34. The minimum Gasteiger partial charge on any atom is -0.497 e. The maximum atomic E-state index is 12.7. The molecule has 0 aliphatic carbocycles. The number of hydrogen-bond donors (Lipinski definition) is 2. The van der Waals surface area contributed by atoms with Crippen LogP contribution in [0.15, 0.2) is 35.5 Å². The number of hydrogen-bond acceptors (Lipinski definition) is 5. The standard InChI is InChI=1S/C20H30N4O2/c1-23-10-7-16(8-11-23)22-20(25)18-14-24(12-9-19(18)21)13-15-3-5-17(26-2)6-4-15/h3-6,16H,7-14,21H2,1-2H3,(H,22,25). The van der Waals surface area contributed by atoms with Crippen molar-refractivity contribution in [1.29, 1.82) is 0 Å². The van der Waals surface area contributed by atoms with Gasteiger partial charge in [0.25, 0.3) is 0 Å². The summed E-state index contributed by atoms with van der Waals surface area (Å²) < 4.78 is 5.21. The fraction of sp³-hybridized carbons (Fsp3) is 0.550. The number of carbonyl (C=O) groups excluding carboxylic acids is 1. The zero-order valence-corrected chi connectivity index (χ0v) is 15.8.